The first-order valence-corrected chi connectivity index (χ1v) is 31.3. The minimum atomic E-state index is -2.72. The topological polar surface area (TPSA) is 6.48 Å². The van der Waals surface area contributed by atoms with Crippen LogP contribution in [0.1, 0.15) is 0 Å². The molecule has 0 amide bonds. The number of fused-ring (bicyclic) bond motifs is 5. The van der Waals surface area contributed by atoms with E-state index in [9.17, 15) is 0 Å². The Morgan fingerprint density at radius 2 is 0.543 bits per heavy atom. The molecule has 0 aliphatic carbocycles. The average Bonchev–Trinajstić information content (AvgIpc) is 3.25. The number of anilines is 6. The Labute approximate surface area is 482 Å². The number of hydrogen-bond donors (Lipinski definition) is 0. The highest BCUT2D eigenvalue weighted by atomic mass is 32.1. The summed E-state index contributed by atoms with van der Waals surface area (Å²) in [6.45, 7) is 0. The molecular weight excluding hydrogens is 1030 g/mol. The molecule has 1 aliphatic rings. The second-order valence-electron chi connectivity index (χ2n) is 20.8. The molecule has 0 unspecified atom stereocenters. The minimum Gasteiger partial charge on any atom is -0.310 e. The van der Waals surface area contributed by atoms with Crippen molar-refractivity contribution in [3.8, 4) is 52.9 Å². The van der Waals surface area contributed by atoms with Crippen molar-refractivity contribution in [1.29, 1.82) is 0 Å². The standard InChI is InChI=1S/C76H52N2S2Si/c1-5-23-61(24-6-1)77(69-33-17-21-57-19-13-15-31-67(57)69)63-47-43-55(44-48-63)53-35-39-59(40-36-53)71-51-73-75(79-71)76-74(81(73,65-27-9-3-10-28-65)66-29-11-4-12-30-66)52-72(80-76)60-41-37-54(38-42-60)56-45-49-64(50-46-56)78(62-25-7-2-8-26-62)70-34-18-22-58-20-14-16-32-68(58)70/h1-52H. The molecule has 0 bridgehead atoms. The molecule has 0 spiro atoms. The average molecular weight is 1090 g/mol. The highest BCUT2D eigenvalue weighted by Crippen LogP contribution is 2.46. The van der Waals surface area contributed by atoms with E-state index in [1.54, 1.807) is 0 Å². The van der Waals surface area contributed by atoms with Crippen molar-refractivity contribution in [1.82, 2.24) is 0 Å². The first-order valence-electron chi connectivity index (χ1n) is 27.6. The molecule has 2 aromatic heterocycles. The molecule has 15 rings (SSSR count). The number of hydrogen-bond acceptors (Lipinski definition) is 4. The summed E-state index contributed by atoms with van der Waals surface area (Å²) >= 11 is 3.92. The predicted octanol–water partition coefficient (Wildman–Crippen LogP) is 19.1. The lowest BCUT2D eigenvalue weighted by atomic mass is 10.0. The van der Waals surface area contributed by atoms with E-state index in [0.29, 0.717) is 0 Å². The predicted molar refractivity (Wildman–Crippen MR) is 351 cm³/mol. The molecule has 0 N–H and O–H groups in total. The first-order chi connectivity index (χ1) is 40.2. The molecule has 12 aromatic carbocycles. The number of nitrogens with zero attached hydrogens (tertiary/aromatic N) is 2. The molecule has 0 atom stereocenters. The van der Waals surface area contributed by atoms with Crippen molar-refractivity contribution in [3.63, 3.8) is 0 Å². The molecule has 382 valence electrons. The highest BCUT2D eigenvalue weighted by molar-refractivity contribution is 7.35. The van der Waals surface area contributed by atoms with Crippen LogP contribution in [0.3, 0.4) is 0 Å². The van der Waals surface area contributed by atoms with Gasteiger partial charge in [0, 0.05) is 53.0 Å². The van der Waals surface area contributed by atoms with Crippen molar-refractivity contribution in [2.24, 2.45) is 0 Å². The molecule has 5 heteroatoms. The fourth-order valence-electron chi connectivity index (χ4n) is 12.3. The minimum absolute atomic E-state index is 1.12. The normalized spacial score (nSPS) is 12.3. The third kappa shape index (κ3) is 8.53. The number of thiophene rings is 2. The quantitative estimate of drug-likeness (QED) is 0.113. The van der Waals surface area contributed by atoms with Gasteiger partial charge in [-0.25, -0.2) is 0 Å². The van der Waals surface area contributed by atoms with Crippen LogP contribution in [0.25, 0.3) is 74.4 Å². The maximum Gasteiger partial charge on any atom is 0.182 e. The second-order valence-corrected chi connectivity index (χ2v) is 26.6. The molecule has 0 radical (unpaired) electrons. The Morgan fingerprint density at radius 3 is 0.926 bits per heavy atom. The van der Waals surface area contributed by atoms with Crippen LogP contribution in [-0.2, 0) is 0 Å². The molecule has 14 aromatic rings. The Bertz CT molecular complexity index is 4230. The van der Waals surface area contributed by atoms with E-state index in [1.165, 1.54) is 95.2 Å². The van der Waals surface area contributed by atoms with Crippen LogP contribution >= 0.6 is 22.7 Å². The van der Waals surface area contributed by atoms with E-state index in [1.807, 2.05) is 22.7 Å². The summed E-state index contributed by atoms with van der Waals surface area (Å²) in [6.07, 6.45) is 0. The summed E-state index contributed by atoms with van der Waals surface area (Å²) in [6, 6.07) is 116. The third-order valence-corrected chi connectivity index (χ3v) is 23.9. The molecule has 0 fully saturated rings. The Balaban J connectivity index is 0.755. The zero-order valence-electron chi connectivity index (χ0n) is 44.2. The van der Waals surface area contributed by atoms with Crippen LogP contribution in [0.5, 0.6) is 0 Å². The first kappa shape index (κ1) is 48.5. The van der Waals surface area contributed by atoms with Crippen LogP contribution in [0.15, 0.2) is 315 Å². The van der Waals surface area contributed by atoms with Gasteiger partial charge in [0.25, 0.3) is 0 Å². The van der Waals surface area contributed by atoms with E-state index in [4.69, 9.17) is 0 Å². The number of para-hydroxylation sites is 2. The van der Waals surface area contributed by atoms with Crippen LogP contribution in [0, 0.1) is 0 Å². The molecule has 0 saturated heterocycles. The van der Waals surface area contributed by atoms with Gasteiger partial charge in [-0.2, -0.15) is 0 Å². The van der Waals surface area contributed by atoms with Gasteiger partial charge in [0.05, 0.1) is 11.4 Å². The van der Waals surface area contributed by atoms with Gasteiger partial charge in [-0.3, -0.25) is 0 Å². The van der Waals surface area contributed by atoms with Gasteiger partial charge in [0.15, 0.2) is 8.07 Å². The number of benzene rings is 12. The van der Waals surface area contributed by atoms with Crippen molar-refractivity contribution < 1.29 is 0 Å². The van der Waals surface area contributed by atoms with Crippen LogP contribution < -0.4 is 30.5 Å². The second kappa shape index (κ2) is 20.6. The van der Waals surface area contributed by atoms with Crippen LogP contribution in [0.4, 0.5) is 34.1 Å². The molecule has 2 nitrogen and oxygen atoms in total. The summed E-state index contributed by atoms with van der Waals surface area (Å²) in [5.41, 5.74) is 14.1. The van der Waals surface area contributed by atoms with Crippen molar-refractivity contribution in [2.75, 3.05) is 9.80 Å². The van der Waals surface area contributed by atoms with Crippen LogP contribution in [0.2, 0.25) is 0 Å². The maximum atomic E-state index is 2.55. The van der Waals surface area contributed by atoms with Gasteiger partial charge in [-0.1, -0.05) is 243 Å². The van der Waals surface area contributed by atoms with Gasteiger partial charge in [-0.15, -0.1) is 22.7 Å². The zero-order chi connectivity index (χ0) is 53.7. The lowest BCUT2D eigenvalue weighted by Crippen LogP contribution is -2.72. The molecular formula is C76H52N2S2Si. The zero-order valence-corrected chi connectivity index (χ0v) is 46.9. The van der Waals surface area contributed by atoms with E-state index in [2.05, 4.69) is 325 Å². The highest BCUT2D eigenvalue weighted by Gasteiger charge is 2.51. The summed E-state index contributed by atoms with van der Waals surface area (Å²) in [5, 5.41) is 10.7. The lowest BCUT2D eigenvalue weighted by molar-refractivity contribution is 1.30. The Kier molecular flexibility index (Phi) is 12.3. The molecule has 1 aliphatic heterocycles. The van der Waals surface area contributed by atoms with Crippen LogP contribution in [-0.4, -0.2) is 8.07 Å². The molecule has 0 saturated carbocycles. The largest absolute Gasteiger partial charge is 0.310 e. The van der Waals surface area contributed by atoms with E-state index in [0.717, 1.165) is 34.1 Å². The summed E-state index contributed by atoms with van der Waals surface area (Å²) in [5.74, 6) is 0. The van der Waals surface area contributed by atoms with E-state index < -0.39 is 8.07 Å². The van der Waals surface area contributed by atoms with Gasteiger partial charge < -0.3 is 9.80 Å². The van der Waals surface area contributed by atoms with Crippen molar-refractivity contribution >= 4 is 107 Å². The summed E-state index contributed by atoms with van der Waals surface area (Å²) < 4.78 is 0. The molecule has 81 heavy (non-hydrogen) atoms. The maximum absolute atomic E-state index is 2.72. The SMILES string of the molecule is c1ccc(N(c2ccc(-c3ccc(-c4cc5c(s4)-c4sc(-c6ccc(-c7ccc(N(c8ccccc8)c8cccc9ccccc89)cc7)cc6)cc4[Si]5(c4ccccc4)c4ccccc4)cc3)cc2)c2cccc3ccccc23)cc1. The van der Waals surface area contributed by atoms with Crippen molar-refractivity contribution in [2.45, 2.75) is 0 Å². The van der Waals surface area contributed by atoms with Gasteiger partial charge in [0.1, 0.15) is 0 Å². The smallest absolute Gasteiger partial charge is 0.182 e. The fraction of sp³-hybridized carbons (Fsp3) is 0. The Hall–Kier alpha value is -9.62. The van der Waals surface area contributed by atoms with E-state index in [-0.39, 0.29) is 0 Å². The summed E-state index contributed by atoms with van der Waals surface area (Å²) in [7, 11) is -2.72. The number of rotatable bonds is 12. The Morgan fingerprint density at radius 1 is 0.247 bits per heavy atom. The lowest BCUT2D eigenvalue weighted by Gasteiger charge is -2.30. The molecule has 3 heterocycles. The monoisotopic (exact) mass is 1080 g/mol. The van der Waals surface area contributed by atoms with Crippen molar-refractivity contribution in [3.05, 3.63) is 315 Å². The van der Waals surface area contributed by atoms with E-state index >= 15 is 0 Å². The third-order valence-electron chi connectivity index (χ3n) is 16.2. The van der Waals surface area contributed by atoms with Gasteiger partial charge in [-0.05, 0) is 138 Å². The van der Waals surface area contributed by atoms with Gasteiger partial charge in [0.2, 0.25) is 0 Å². The summed E-state index contributed by atoms with van der Waals surface area (Å²) in [4.78, 5) is 10.2. The van der Waals surface area contributed by atoms with Gasteiger partial charge >= 0.3 is 0 Å². The fourth-order valence-corrected chi connectivity index (χ4v) is 21.2.